The number of hydrogen-bond acceptors (Lipinski definition) is 11. The Labute approximate surface area is 297 Å². The Morgan fingerprint density at radius 2 is 1.48 bits per heavy atom. The van der Waals surface area contributed by atoms with Crippen molar-refractivity contribution >= 4 is 29.3 Å². The number of nitrogens with one attached hydrogen (secondary N) is 2. The van der Waals surface area contributed by atoms with E-state index in [1.807, 2.05) is 54.6 Å². The number of hydrogen-bond donors (Lipinski definition) is 2. The second kappa shape index (κ2) is 13.5. The first-order valence-corrected chi connectivity index (χ1v) is 16.8. The summed E-state index contributed by atoms with van der Waals surface area (Å²) < 4.78 is 12.1. The third kappa shape index (κ3) is 6.37. The second-order valence-corrected chi connectivity index (χ2v) is 12.8. The number of carbonyl (C=O) groups excluding carboxylic acids is 4. The molecule has 0 unspecified atom stereocenters. The average Bonchev–Trinajstić information content (AvgIpc) is 3.76. The van der Waals surface area contributed by atoms with Gasteiger partial charge in [0.25, 0.3) is 17.8 Å². The summed E-state index contributed by atoms with van der Waals surface area (Å²) >= 11 is 0. The number of aromatic nitrogens is 5. The van der Waals surface area contributed by atoms with Crippen molar-refractivity contribution in [3.05, 3.63) is 126 Å². The Balaban J connectivity index is 0.829. The molecule has 0 spiro atoms. The molecule has 0 bridgehead atoms. The topological polar surface area (TPSA) is 171 Å². The maximum Gasteiger partial charge on any atom is 0.268 e. The van der Waals surface area contributed by atoms with Crippen molar-refractivity contribution in [2.75, 3.05) is 5.32 Å². The fourth-order valence-electron chi connectivity index (χ4n) is 6.65. The number of ether oxygens (including phenoxy) is 2. The number of anilines is 1. The Hall–Kier alpha value is -6.70. The zero-order chi connectivity index (χ0) is 35.8. The molecule has 14 heteroatoms. The van der Waals surface area contributed by atoms with E-state index in [1.54, 1.807) is 43.0 Å². The Morgan fingerprint density at radius 3 is 2.13 bits per heavy atom. The van der Waals surface area contributed by atoms with E-state index in [0.29, 0.717) is 23.1 Å². The van der Waals surface area contributed by atoms with Gasteiger partial charge in [-0.3, -0.25) is 29.4 Å². The van der Waals surface area contributed by atoms with Crippen LogP contribution in [0, 0.1) is 0 Å². The van der Waals surface area contributed by atoms with E-state index in [4.69, 9.17) is 9.47 Å². The largest absolute Gasteiger partial charge is 0.490 e. The van der Waals surface area contributed by atoms with Gasteiger partial charge in [0.05, 0.1) is 35.9 Å². The number of imide groups is 2. The van der Waals surface area contributed by atoms with Crippen LogP contribution >= 0.6 is 0 Å². The first-order valence-electron chi connectivity index (χ1n) is 16.8. The van der Waals surface area contributed by atoms with E-state index in [-0.39, 0.29) is 42.0 Å². The molecule has 1 saturated carbocycles. The highest BCUT2D eigenvalue weighted by molar-refractivity contribution is 6.23. The fraction of sp³-hybridized carbons (Fsp3) is 0.211. The van der Waals surface area contributed by atoms with Crippen LogP contribution in [0.4, 0.5) is 5.69 Å². The molecule has 3 aliphatic rings. The van der Waals surface area contributed by atoms with E-state index >= 15 is 0 Å². The number of amides is 4. The molecule has 1 saturated heterocycles. The number of carbonyl (C=O) groups is 4. The lowest BCUT2D eigenvalue weighted by Crippen LogP contribution is -2.54. The van der Waals surface area contributed by atoms with Crippen molar-refractivity contribution in [2.45, 2.75) is 49.8 Å². The summed E-state index contributed by atoms with van der Waals surface area (Å²) in [7, 11) is 0. The van der Waals surface area contributed by atoms with Crippen LogP contribution in [-0.4, -0.2) is 71.7 Å². The molecule has 2 aliphatic heterocycles. The number of piperidine rings is 1. The summed E-state index contributed by atoms with van der Waals surface area (Å²) in [6.07, 6.45) is 9.88. The van der Waals surface area contributed by atoms with Gasteiger partial charge in [0, 0.05) is 36.9 Å². The third-order valence-corrected chi connectivity index (χ3v) is 9.37. The monoisotopic (exact) mass is 696 g/mol. The number of nitrogens with zero attached hydrogens (tertiary/aromatic N) is 6. The van der Waals surface area contributed by atoms with Gasteiger partial charge in [0.1, 0.15) is 23.6 Å². The van der Waals surface area contributed by atoms with E-state index in [1.165, 1.54) is 4.80 Å². The lowest BCUT2D eigenvalue weighted by atomic mass is 9.88. The molecular weight excluding hydrogens is 664 g/mol. The van der Waals surface area contributed by atoms with Gasteiger partial charge in [-0.2, -0.15) is 10.2 Å². The zero-order valence-corrected chi connectivity index (χ0v) is 27.7. The molecule has 14 nitrogen and oxygen atoms in total. The molecule has 1 aliphatic carbocycles. The molecule has 52 heavy (non-hydrogen) atoms. The standard InChI is InChI=1S/C38H32N8O6/c1-2-30(23-5-10-27(11-6-23)52-29-20-39-38(40-21-29)46-41-15-16-42-46)22-3-8-26(9-4-22)51-28-17-25(18-28)43-24-7-12-31-32(19-24)37(50)45(36(31)49)33-13-14-34(47)44-35(33)48/h2-12,15-16,19-21,25,28,30,33,43H,1,13-14,17-18H2,(H,44,47,48)/t25?,28?,30-,33-/m1/s1. The van der Waals surface area contributed by atoms with Crippen molar-refractivity contribution in [3.8, 4) is 23.2 Å². The van der Waals surface area contributed by atoms with Crippen LogP contribution < -0.4 is 20.1 Å². The molecular formula is C38H32N8O6. The molecule has 2 fully saturated rings. The molecule has 4 heterocycles. The van der Waals surface area contributed by atoms with Gasteiger partial charge in [0.15, 0.2) is 5.75 Å². The van der Waals surface area contributed by atoms with Crippen molar-refractivity contribution in [3.63, 3.8) is 0 Å². The smallest absolute Gasteiger partial charge is 0.268 e. The van der Waals surface area contributed by atoms with Gasteiger partial charge in [-0.15, -0.1) is 11.4 Å². The summed E-state index contributed by atoms with van der Waals surface area (Å²) in [5.41, 5.74) is 3.33. The van der Waals surface area contributed by atoms with Crippen LogP contribution in [0.1, 0.15) is 63.4 Å². The zero-order valence-electron chi connectivity index (χ0n) is 27.7. The minimum Gasteiger partial charge on any atom is -0.490 e. The van der Waals surface area contributed by atoms with E-state index in [9.17, 15) is 19.2 Å². The highest BCUT2D eigenvalue weighted by Gasteiger charge is 2.44. The Bertz CT molecular complexity index is 2160. The predicted molar refractivity (Wildman–Crippen MR) is 186 cm³/mol. The van der Waals surface area contributed by atoms with Crippen molar-refractivity contribution in [2.24, 2.45) is 0 Å². The van der Waals surface area contributed by atoms with Gasteiger partial charge >= 0.3 is 0 Å². The second-order valence-electron chi connectivity index (χ2n) is 12.8. The Kier molecular flexibility index (Phi) is 8.47. The minimum atomic E-state index is -0.992. The maximum atomic E-state index is 13.2. The van der Waals surface area contributed by atoms with E-state index in [2.05, 4.69) is 37.4 Å². The molecule has 260 valence electrons. The molecule has 5 aromatic rings. The lowest BCUT2D eigenvalue weighted by molar-refractivity contribution is -0.136. The normalized spacial score (nSPS) is 20.1. The molecule has 2 aromatic heterocycles. The summed E-state index contributed by atoms with van der Waals surface area (Å²) in [5, 5.41) is 13.7. The number of rotatable bonds is 11. The van der Waals surface area contributed by atoms with Gasteiger partial charge in [-0.05, 0) is 60.0 Å². The third-order valence-electron chi connectivity index (χ3n) is 9.37. The van der Waals surface area contributed by atoms with Gasteiger partial charge in [-0.25, -0.2) is 9.97 Å². The molecule has 2 N–H and O–H groups in total. The van der Waals surface area contributed by atoms with E-state index in [0.717, 1.165) is 34.6 Å². The highest BCUT2D eigenvalue weighted by atomic mass is 16.5. The van der Waals surface area contributed by atoms with Crippen LogP contribution in [0.25, 0.3) is 5.95 Å². The molecule has 2 atom stereocenters. The van der Waals surface area contributed by atoms with Crippen molar-refractivity contribution in [1.29, 1.82) is 0 Å². The predicted octanol–water partition coefficient (Wildman–Crippen LogP) is 4.59. The van der Waals surface area contributed by atoms with Crippen LogP contribution in [-0.2, 0) is 9.59 Å². The molecule has 3 aromatic carbocycles. The van der Waals surface area contributed by atoms with Crippen molar-refractivity contribution < 1.29 is 28.7 Å². The van der Waals surface area contributed by atoms with Crippen LogP contribution in [0.15, 0.2) is 104 Å². The summed E-state index contributed by atoms with van der Waals surface area (Å²) in [6, 6.07) is 19.9. The van der Waals surface area contributed by atoms with Crippen molar-refractivity contribution in [1.82, 2.24) is 35.2 Å². The number of allylic oxidation sites excluding steroid dienone is 1. The summed E-state index contributed by atoms with van der Waals surface area (Å²) in [4.78, 5) is 60.8. The first kappa shape index (κ1) is 32.5. The van der Waals surface area contributed by atoms with Gasteiger partial charge < -0.3 is 14.8 Å². The first-order chi connectivity index (χ1) is 25.3. The minimum absolute atomic E-state index is 0.0237. The van der Waals surface area contributed by atoms with Gasteiger partial charge in [0.2, 0.25) is 11.8 Å². The van der Waals surface area contributed by atoms with Crippen LogP contribution in [0.5, 0.6) is 17.2 Å². The maximum absolute atomic E-state index is 13.2. The molecule has 8 rings (SSSR count). The van der Waals surface area contributed by atoms with Gasteiger partial charge in [-0.1, -0.05) is 30.3 Å². The Morgan fingerprint density at radius 1 is 0.827 bits per heavy atom. The average molecular weight is 697 g/mol. The van der Waals surface area contributed by atoms with E-state index < -0.39 is 29.7 Å². The SMILES string of the molecule is C=C[C@@H](c1ccc(Oc2cnc(-n3nccn3)nc2)cc1)c1ccc(OC2CC(Nc3ccc4c(c3)C(=O)N([C@@H]3CCC(=O)NC3=O)C4=O)C2)cc1. The highest BCUT2D eigenvalue weighted by Crippen LogP contribution is 2.34. The summed E-state index contributed by atoms with van der Waals surface area (Å²) in [5.74, 6) is 0.138. The fourth-order valence-corrected chi connectivity index (χ4v) is 6.65. The van der Waals surface area contributed by atoms with Crippen LogP contribution in [0.3, 0.4) is 0 Å². The molecule has 4 amide bonds. The number of benzene rings is 3. The van der Waals surface area contributed by atoms with Crippen LogP contribution in [0.2, 0.25) is 0 Å². The summed E-state index contributed by atoms with van der Waals surface area (Å²) in [6.45, 7) is 4.06. The quantitative estimate of drug-likeness (QED) is 0.146. The number of fused-ring (bicyclic) bond motifs is 1. The molecule has 0 radical (unpaired) electrons. The lowest BCUT2D eigenvalue weighted by Gasteiger charge is -2.36.